The van der Waals surface area contributed by atoms with Crippen molar-refractivity contribution < 1.29 is 0 Å². The van der Waals surface area contributed by atoms with Crippen LogP contribution in [0.15, 0.2) is 25.3 Å². The van der Waals surface area contributed by atoms with Gasteiger partial charge in [-0.2, -0.15) is 0 Å². The molecule has 0 aromatic heterocycles. The highest BCUT2D eigenvalue weighted by molar-refractivity contribution is 6.36. The summed E-state index contributed by atoms with van der Waals surface area (Å²) in [6.07, 6.45) is 3.99. The van der Waals surface area contributed by atoms with Crippen molar-refractivity contribution in [2.45, 2.75) is 19.0 Å². The maximum atomic E-state index is 3.63. The molecule has 0 aliphatic carbocycles. The van der Waals surface area contributed by atoms with Gasteiger partial charge in [0.25, 0.3) is 0 Å². The van der Waals surface area contributed by atoms with Gasteiger partial charge in [0.1, 0.15) is 0 Å². The van der Waals surface area contributed by atoms with Gasteiger partial charge in [0.15, 0.2) is 0 Å². The van der Waals surface area contributed by atoms with Crippen LogP contribution in [-0.4, -0.2) is 23.1 Å². The largest absolute Gasteiger partial charge is 0.320 e. The molecule has 0 atom stereocenters. The van der Waals surface area contributed by atoms with Crippen molar-refractivity contribution in [2.24, 2.45) is 0 Å². The van der Waals surface area contributed by atoms with E-state index in [0.29, 0.717) is 0 Å². The van der Waals surface area contributed by atoms with E-state index in [-0.39, 0.29) is 9.52 Å². The Morgan fingerprint density at radius 2 is 1.64 bits per heavy atom. The Balaban J connectivity index is 0. The van der Waals surface area contributed by atoms with Crippen LogP contribution in [0, 0.1) is 0 Å². The van der Waals surface area contributed by atoms with Crippen molar-refractivity contribution in [3.8, 4) is 0 Å². The highest BCUT2D eigenvalue weighted by Crippen LogP contribution is 1.84. The smallest absolute Gasteiger partial charge is 0.0280 e. The van der Waals surface area contributed by atoms with E-state index in [1.54, 1.807) is 0 Å². The Morgan fingerprint density at radius 1 is 1.27 bits per heavy atom. The topological polar surface area (TPSA) is 12.0 Å². The molecule has 0 fully saturated rings. The Bertz CT molecular complexity index is 71.6. The molecule has 0 amide bonds. The first-order valence-electron chi connectivity index (χ1n) is 4.19. The van der Waals surface area contributed by atoms with Gasteiger partial charge in [-0.05, 0) is 25.7 Å². The van der Waals surface area contributed by atoms with Crippen molar-refractivity contribution in [3.63, 3.8) is 0 Å². The highest BCUT2D eigenvalue weighted by Gasteiger charge is 1.75. The zero-order valence-electron chi connectivity index (χ0n) is 7.90. The van der Waals surface area contributed by atoms with Crippen LogP contribution in [0.3, 0.4) is 0 Å². The number of hydrogen-bond donors (Lipinski definition) is 1. The monoisotopic (exact) mass is 171 g/mol. The Morgan fingerprint density at radius 3 is 1.82 bits per heavy atom. The fourth-order valence-corrected chi connectivity index (χ4v) is 1.22. The molecule has 0 heterocycles. The second-order valence-electron chi connectivity index (χ2n) is 2.22. The van der Waals surface area contributed by atoms with E-state index in [1.807, 2.05) is 19.2 Å². The fourth-order valence-electron chi connectivity index (χ4n) is 0.407. The average molecular weight is 171 g/mol. The summed E-state index contributed by atoms with van der Waals surface area (Å²) in [6.45, 7) is 10.4. The third-order valence-electron chi connectivity index (χ3n) is 1.17. The fraction of sp³-hybridized carbons (Fsp3) is 0.556. The van der Waals surface area contributed by atoms with Gasteiger partial charge in [0, 0.05) is 9.52 Å². The summed E-state index contributed by atoms with van der Waals surface area (Å²) in [5, 5.41) is 2.93. The lowest BCUT2D eigenvalue weighted by molar-refractivity contribution is 0.864. The van der Waals surface area contributed by atoms with Crippen LogP contribution in [0.25, 0.3) is 0 Å². The molecule has 0 saturated carbocycles. The highest BCUT2D eigenvalue weighted by atomic mass is 28.2. The molecule has 0 bridgehead atoms. The lowest BCUT2D eigenvalue weighted by atomic mass is 10.7. The summed E-state index contributed by atoms with van der Waals surface area (Å²) in [4.78, 5) is 0. The summed E-state index contributed by atoms with van der Waals surface area (Å²) in [5.74, 6) is 0. The van der Waals surface area contributed by atoms with Crippen LogP contribution in [0.1, 0.15) is 6.92 Å². The van der Waals surface area contributed by atoms with Crippen LogP contribution in [0.2, 0.25) is 12.1 Å². The molecule has 2 heteroatoms. The lowest BCUT2D eigenvalue weighted by Gasteiger charge is -1.82. The molecule has 0 rings (SSSR count). The van der Waals surface area contributed by atoms with E-state index in [4.69, 9.17) is 0 Å². The molecule has 0 aromatic rings. The molecular formula is C9H21NSi. The lowest BCUT2D eigenvalue weighted by Crippen LogP contribution is -2.01. The van der Waals surface area contributed by atoms with E-state index < -0.39 is 0 Å². The van der Waals surface area contributed by atoms with Gasteiger partial charge in [-0.25, -0.2) is 0 Å². The van der Waals surface area contributed by atoms with Crippen LogP contribution in [0.5, 0.6) is 0 Å². The van der Waals surface area contributed by atoms with Gasteiger partial charge >= 0.3 is 0 Å². The summed E-state index contributed by atoms with van der Waals surface area (Å²) in [5.41, 5.74) is 0. The first kappa shape index (κ1) is 13.3. The quantitative estimate of drug-likeness (QED) is 0.376. The van der Waals surface area contributed by atoms with Crippen molar-refractivity contribution in [1.29, 1.82) is 0 Å². The molecular weight excluding hydrogens is 150 g/mol. The predicted molar refractivity (Wildman–Crippen MR) is 58.2 cm³/mol. The average Bonchev–Trinajstić information content (AvgIpc) is 2.06. The zero-order valence-corrected chi connectivity index (χ0v) is 9.31. The minimum atomic E-state index is 0.175. The van der Waals surface area contributed by atoms with E-state index in [1.165, 1.54) is 12.1 Å². The van der Waals surface area contributed by atoms with Gasteiger partial charge in [-0.15, -0.1) is 13.2 Å². The van der Waals surface area contributed by atoms with Crippen LogP contribution >= 0.6 is 0 Å². The molecule has 66 valence electrons. The van der Waals surface area contributed by atoms with E-state index in [0.717, 1.165) is 6.54 Å². The van der Waals surface area contributed by atoms with Crippen molar-refractivity contribution >= 4 is 9.52 Å². The zero-order chi connectivity index (χ0) is 8.95. The minimum absolute atomic E-state index is 0.175. The standard InChI is InChI=1S/C6H12Si.C3H9N/c1-3-5-7-6-4-2;1-3-4-2/h3-4H,1-2,5-7H2;4H,3H2,1-2H3. The second kappa shape index (κ2) is 16.3. The normalized spacial score (nSPS) is 7.82. The molecule has 0 saturated heterocycles. The molecule has 0 spiro atoms. The predicted octanol–water partition coefficient (Wildman–Crippen LogP) is 1.59. The molecule has 0 aliphatic heterocycles. The maximum absolute atomic E-state index is 3.63. The first-order chi connectivity index (χ1) is 5.33. The van der Waals surface area contributed by atoms with Gasteiger partial charge in [-0.1, -0.05) is 19.1 Å². The summed E-state index contributed by atoms with van der Waals surface area (Å²) in [6, 6.07) is 2.51. The van der Waals surface area contributed by atoms with Gasteiger partial charge in [-0.3, -0.25) is 0 Å². The Hall–Kier alpha value is -0.343. The summed E-state index contributed by atoms with van der Waals surface area (Å²) in [7, 11) is 2.11. The molecule has 1 nitrogen and oxygen atoms in total. The molecule has 1 N–H and O–H groups in total. The molecule has 0 unspecified atom stereocenters. The van der Waals surface area contributed by atoms with Crippen LogP contribution in [0.4, 0.5) is 0 Å². The van der Waals surface area contributed by atoms with Crippen molar-refractivity contribution in [3.05, 3.63) is 25.3 Å². The SMILES string of the molecule is C=CC[SiH2]CC=C.CCNC. The number of nitrogens with one attached hydrogen (secondary N) is 1. The molecule has 11 heavy (non-hydrogen) atoms. The van der Waals surface area contributed by atoms with Gasteiger partial charge in [0.05, 0.1) is 0 Å². The maximum Gasteiger partial charge on any atom is 0.0280 e. The van der Waals surface area contributed by atoms with Crippen molar-refractivity contribution in [1.82, 2.24) is 5.32 Å². The van der Waals surface area contributed by atoms with E-state index >= 15 is 0 Å². The van der Waals surface area contributed by atoms with Crippen molar-refractivity contribution in [2.75, 3.05) is 13.6 Å². The van der Waals surface area contributed by atoms with E-state index in [2.05, 4.69) is 25.4 Å². The third-order valence-corrected chi connectivity index (χ3v) is 2.80. The number of allylic oxidation sites excluding steroid dienone is 2. The summed E-state index contributed by atoms with van der Waals surface area (Å²) < 4.78 is 0. The number of hydrogen-bond acceptors (Lipinski definition) is 1. The van der Waals surface area contributed by atoms with Crippen LogP contribution < -0.4 is 5.32 Å². The molecule has 0 aliphatic rings. The van der Waals surface area contributed by atoms with Gasteiger partial charge in [0.2, 0.25) is 0 Å². The third kappa shape index (κ3) is 26.1. The minimum Gasteiger partial charge on any atom is -0.320 e. The van der Waals surface area contributed by atoms with E-state index in [9.17, 15) is 0 Å². The summed E-state index contributed by atoms with van der Waals surface area (Å²) >= 11 is 0. The number of rotatable bonds is 5. The Labute approximate surface area is 73.4 Å². The Kier molecular flexibility index (Phi) is 19.7. The second-order valence-corrected chi connectivity index (χ2v) is 4.08. The van der Waals surface area contributed by atoms with Gasteiger partial charge < -0.3 is 5.32 Å². The molecule has 0 radical (unpaired) electrons. The molecule has 0 aromatic carbocycles. The first-order valence-corrected chi connectivity index (χ1v) is 6.19. The van der Waals surface area contributed by atoms with Crippen LogP contribution in [-0.2, 0) is 0 Å².